The predicted molar refractivity (Wildman–Crippen MR) is 75.4 cm³/mol. The minimum absolute atomic E-state index is 0.183. The highest BCUT2D eigenvalue weighted by Gasteiger charge is 2.19. The average molecular weight is 279 g/mol. The molecule has 0 saturated carbocycles. The Kier molecular flexibility index (Phi) is 7.35. The van der Waals surface area contributed by atoms with Crippen molar-refractivity contribution in [1.82, 2.24) is 5.32 Å². The highest BCUT2D eigenvalue weighted by atomic mass is 16.5. The largest absolute Gasteiger partial charge is 0.480 e. The first kappa shape index (κ1) is 16.2. The quantitative estimate of drug-likeness (QED) is 0.673. The van der Waals surface area contributed by atoms with Gasteiger partial charge in [0.05, 0.1) is 6.61 Å². The van der Waals surface area contributed by atoms with Gasteiger partial charge in [-0.25, -0.2) is 4.79 Å². The van der Waals surface area contributed by atoms with E-state index in [1.165, 1.54) is 0 Å². The first-order valence-electron chi connectivity index (χ1n) is 6.77. The van der Waals surface area contributed by atoms with Crippen molar-refractivity contribution in [3.05, 3.63) is 35.9 Å². The Morgan fingerprint density at radius 1 is 1.30 bits per heavy atom. The lowest BCUT2D eigenvalue weighted by Crippen LogP contribution is -2.41. The first-order valence-corrected chi connectivity index (χ1v) is 6.77. The third kappa shape index (κ3) is 6.33. The van der Waals surface area contributed by atoms with Crippen molar-refractivity contribution >= 4 is 11.9 Å². The number of aliphatic carboxylic acids is 1. The molecule has 1 unspecified atom stereocenters. The zero-order chi connectivity index (χ0) is 14.8. The Bertz CT molecular complexity index is 419. The highest BCUT2D eigenvalue weighted by Crippen LogP contribution is 2.05. The van der Waals surface area contributed by atoms with Crippen molar-refractivity contribution in [1.29, 1.82) is 0 Å². The van der Waals surface area contributed by atoms with Crippen molar-refractivity contribution in [2.45, 2.75) is 32.2 Å². The minimum Gasteiger partial charge on any atom is -0.480 e. The van der Waals surface area contributed by atoms with Gasteiger partial charge in [0.25, 0.3) is 0 Å². The van der Waals surface area contributed by atoms with Crippen molar-refractivity contribution in [2.24, 2.45) is 0 Å². The molecule has 0 aliphatic heterocycles. The summed E-state index contributed by atoms with van der Waals surface area (Å²) in [4.78, 5) is 22.7. The second kappa shape index (κ2) is 9.09. The number of aryl methyl sites for hydroxylation is 1. The zero-order valence-electron chi connectivity index (χ0n) is 11.7. The van der Waals surface area contributed by atoms with E-state index in [2.05, 4.69) is 5.32 Å². The summed E-state index contributed by atoms with van der Waals surface area (Å²) < 4.78 is 5.07. The van der Waals surface area contributed by atoms with Gasteiger partial charge in [0.1, 0.15) is 6.04 Å². The van der Waals surface area contributed by atoms with Gasteiger partial charge in [0.2, 0.25) is 5.91 Å². The molecule has 5 heteroatoms. The Labute approximate surface area is 118 Å². The number of carbonyl (C=O) groups excluding carboxylic acids is 1. The standard InChI is InChI=1S/C15H21NO4/c1-2-20-11-10-14(17)16-13(15(18)19)9-8-12-6-4-3-5-7-12/h3-7,13H,2,8-11H2,1H3,(H,16,17)(H,18,19). The predicted octanol–water partition coefficient (Wildman–Crippen LogP) is 1.62. The Hall–Kier alpha value is -1.88. The van der Waals surface area contributed by atoms with Crippen LogP contribution in [0, 0.1) is 0 Å². The number of carbonyl (C=O) groups is 2. The van der Waals surface area contributed by atoms with Gasteiger partial charge < -0.3 is 15.2 Å². The Morgan fingerprint density at radius 2 is 2.00 bits per heavy atom. The number of carboxylic acids is 1. The van der Waals surface area contributed by atoms with E-state index in [1.807, 2.05) is 37.3 Å². The van der Waals surface area contributed by atoms with Crippen molar-refractivity contribution < 1.29 is 19.4 Å². The topological polar surface area (TPSA) is 75.6 Å². The van der Waals surface area contributed by atoms with Gasteiger partial charge in [-0.3, -0.25) is 4.79 Å². The number of carboxylic acid groups (broad SMARTS) is 1. The molecule has 0 fully saturated rings. The SMILES string of the molecule is CCOCCC(=O)NC(CCc1ccccc1)C(=O)O. The lowest BCUT2D eigenvalue weighted by atomic mass is 10.1. The van der Waals surface area contributed by atoms with Crippen LogP contribution in [0.2, 0.25) is 0 Å². The summed E-state index contributed by atoms with van der Waals surface area (Å²) in [5.41, 5.74) is 1.06. The van der Waals surface area contributed by atoms with Gasteiger partial charge >= 0.3 is 5.97 Å². The first-order chi connectivity index (χ1) is 9.63. The summed E-state index contributed by atoms with van der Waals surface area (Å²) in [6.07, 6.45) is 1.17. The summed E-state index contributed by atoms with van der Waals surface area (Å²) in [5, 5.41) is 11.7. The van der Waals surface area contributed by atoms with Crippen LogP contribution in [-0.2, 0) is 20.7 Å². The van der Waals surface area contributed by atoms with E-state index in [0.717, 1.165) is 5.56 Å². The van der Waals surface area contributed by atoms with E-state index in [1.54, 1.807) is 0 Å². The van der Waals surface area contributed by atoms with Crippen LogP contribution < -0.4 is 5.32 Å². The molecule has 0 aliphatic rings. The number of benzene rings is 1. The Morgan fingerprint density at radius 3 is 2.60 bits per heavy atom. The molecule has 0 spiro atoms. The maximum atomic E-state index is 11.6. The molecule has 1 aromatic carbocycles. The average Bonchev–Trinajstić information content (AvgIpc) is 2.44. The van der Waals surface area contributed by atoms with Crippen LogP contribution in [0.3, 0.4) is 0 Å². The molecule has 1 aromatic rings. The number of hydrogen-bond donors (Lipinski definition) is 2. The van der Waals surface area contributed by atoms with E-state index >= 15 is 0 Å². The van der Waals surface area contributed by atoms with E-state index in [9.17, 15) is 9.59 Å². The molecule has 20 heavy (non-hydrogen) atoms. The molecule has 0 radical (unpaired) electrons. The molecule has 1 rings (SSSR count). The number of ether oxygens (including phenoxy) is 1. The number of nitrogens with one attached hydrogen (secondary N) is 1. The normalized spacial score (nSPS) is 11.8. The van der Waals surface area contributed by atoms with Gasteiger partial charge in [-0.1, -0.05) is 30.3 Å². The third-order valence-electron chi connectivity index (χ3n) is 2.88. The monoisotopic (exact) mass is 279 g/mol. The van der Waals surface area contributed by atoms with Gasteiger partial charge in [-0.15, -0.1) is 0 Å². The molecule has 1 amide bonds. The van der Waals surface area contributed by atoms with E-state index < -0.39 is 12.0 Å². The van der Waals surface area contributed by atoms with Crippen LogP contribution in [0.15, 0.2) is 30.3 Å². The molecule has 1 atom stereocenters. The maximum absolute atomic E-state index is 11.6. The fraction of sp³-hybridized carbons (Fsp3) is 0.467. The van der Waals surface area contributed by atoms with Crippen LogP contribution in [-0.4, -0.2) is 36.2 Å². The molecule has 0 aromatic heterocycles. The molecule has 0 bridgehead atoms. The summed E-state index contributed by atoms with van der Waals surface area (Å²) in [6.45, 7) is 2.70. The molecular weight excluding hydrogens is 258 g/mol. The van der Waals surface area contributed by atoms with Gasteiger partial charge in [0.15, 0.2) is 0 Å². The number of rotatable bonds is 9. The summed E-state index contributed by atoms with van der Waals surface area (Å²) in [7, 11) is 0. The molecule has 5 nitrogen and oxygen atoms in total. The summed E-state index contributed by atoms with van der Waals surface area (Å²) in [5.74, 6) is -1.30. The smallest absolute Gasteiger partial charge is 0.326 e. The van der Waals surface area contributed by atoms with E-state index in [4.69, 9.17) is 9.84 Å². The summed E-state index contributed by atoms with van der Waals surface area (Å²) >= 11 is 0. The Balaban J connectivity index is 2.40. The maximum Gasteiger partial charge on any atom is 0.326 e. The molecular formula is C15H21NO4. The van der Waals surface area contributed by atoms with Crippen LogP contribution in [0.1, 0.15) is 25.3 Å². The molecule has 2 N–H and O–H groups in total. The van der Waals surface area contributed by atoms with E-state index in [0.29, 0.717) is 26.1 Å². The van der Waals surface area contributed by atoms with Gasteiger partial charge in [0, 0.05) is 13.0 Å². The molecule has 0 saturated heterocycles. The lowest BCUT2D eigenvalue weighted by molar-refractivity contribution is -0.142. The lowest BCUT2D eigenvalue weighted by Gasteiger charge is -2.14. The number of amides is 1. The van der Waals surface area contributed by atoms with Gasteiger partial charge in [-0.2, -0.15) is 0 Å². The van der Waals surface area contributed by atoms with Crippen molar-refractivity contribution in [3.8, 4) is 0 Å². The molecule has 0 heterocycles. The molecule has 0 aliphatic carbocycles. The summed E-state index contributed by atoms with van der Waals surface area (Å²) in [6, 6.07) is 8.75. The minimum atomic E-state index is -1.01. The van der Waals surface area contributed by atoms with Crippen LogP contribution in [0.5, 0.6) is 0 Å². The highest BCUT2D eigenvalue weighted by molar-refractivity contribution is 5.83. The second-order valence-corrected chi connectivity index (χ2v) is 4.43. The van der Waals surface area contributed by atoms with Crippen LogP contribution >= 0.6 is 0 Å². The number of hydrogen-bond acceptors (Lipinski definition) is 3. The van der Waals surface area contributed by atoms with Gasteiger partial charge in [-0.05, 0) is 25.3 Å². The fourth-order valence-corrected chi connectivity index (χ4v) is 1.79. The second-order valence-electron chi connectivity index (χ2n) is 4.43. The van der Waals surface area contributed by atoms with E-state index in [-0.39, 0.29) is 12.3 Å². The zero-order valence-corrected chi connectivity index (χ0v) is 11.7. The third-order valence-corrected chi connectivity index (χ3v) is 2.88. The van der Waals surface area contributed by atoms with Crippen LogP contribution in [0.4, 0.5) is 0 Å². The molecule has 110 valence electrons. The van der Waals surface area contributed by atoms with Crippen molar-refractivity contribution in [3.63, 3.8) is 0 Å². The van der Waals surface area contributed by atoms with Crippen LogP contribution in [0.25, 0.3) is 0 Å². The fourth-order valence-electron chi connectivity index (χ4n) is 1.79. The van der Waals surface area contributed by atoms with Crippen molar-refractivity contribution in [2.75, 3.05) is 13.2 Å².